The Balaban J connectivity index is 3.58. The number of alkyl halides is 1. The van der Waals surface area contributed by atoms with E-state index in [1.807, 2.05) is 0 Å². The molecular weight excluding hydrogens is 794 g/mol. The van der Waals surface area contributed by atoms with Gasteiger partial charge in [-0.2, -0.15) is 0 Å². The van der Waals surface area contributed by atoms with Crippen LogP contribution in [0.5, 0.6) is 0 Å². The highest BCUT2D eigenvalue weighted by atomic mass is 79.9. The third-order valence-corrected chi connectivity index (χ3v) is 9.49. The number of hydrogen-bond donors (Lipinski definition) is 4. The van der Waals surface area contributed by atoms with Crippen molar-refractivity contribution in [2.24, 2.45) is 0 Å². The van der Waals surface area contributed by atoms with Crippen molar-refractivity contribution < 1.29 is 47.3 Å². The Morgan fingerprint density at radius 3 is 2.11 bits per heavy atom. The molecule has 4 N–H and O–H groups in total. The number of benzene rings is 1. The largest absolute Gasteiger partial charge is 0.462 e. The molecule has 1 aromatic carbocycles. The molecule has 0 aliphatic rings. The Bertz CT molecular complexity index is 1180. The Kier molecular flexibility index (Phi) is 14.1. The summed E-state index contributed by atoms with van der Waals surface area (Å²) in [6.45, 7) is 0.777. The van der Waals surface area contributed by atoms with Gasteiger partial charge in [0.25, 0.3) is 11.8 Å². The van der Waals surface area contributed by atoms with E-state index in [0.717, 1.165) is 18.7 Å². The van der Waals surface area contributed by atoms with Crippen LogP contribution in [0.3, 0.4) is 0 Å². The molecule has 0 aliphatic heterocycles. The average molecular weight is 819 g/mol. The van der Waals surface area contributed by atoms with E-state index < -0.39 is 57.3 Å². The molecule has 2 atom stereocenters. The standard InChI is InChI=1S/C20H25Br4N3O10S/c1-9(29)36-7-12(37-10(2)30)4-25-19(32)13-15(22)14(20(33)27(3)5-11(31)6-28)17(24)18(16(13)23)26-38(34,35)8-21/h11-12,26,28,31H,4-8H2,1-3H3,(H,25,32). The molecule has 1 aromatic rings. The van der Waals surface area contributed by atoms with Crippen molar-refractivity contribution in [1.82, 2.24) is 10.2 Å². The monoisotopic (exact) mass is 815 g/mol. The number of sulfonamides is 1. The fourth-order valence-electron chi connectivity index (χ4n) is 2.85. The zero-order chi connectivity index (χ0) is 29.4. The molecule has 0 radical (unpaired) electrons. The Hall–Kier alpha value is -1.31. The van der Waals surface area contributed by atoms with Crippen LogP contribution >= 0.6 is 63.7 Å². The molecule has 0 bridgehead atoms. The van der Waals surface area contributed by atoms with Crippen LogP contribution in [0.25, 0.3) is 0 Å². The Morgan fingerprint density at radius 1 is 1.03 bits per heavy atom. The summed E-state index contributed by atoms with van der Waals surface area (Å²) in [5.74, 6) is -2.86. The van der Waals surface area contributed by atoms with E-state index >= 15 is 0 Å². The number of nitrogens with zero attached hydrogens (tertiary/aromatic N) is 1. The van der Waals surface area contributed by atoms with Crippen LogP contribution in [0.2, 0.25) is 0 Å². The smallest absolute Gasteiger partial charge is 0.303 e. The van der Waals surface area contributed by atoms with Gasteiger partial charge in [0.05, 0.1) is 45.0 Å². The topological polar surface area (TPSA) is 189 Å². The molecule has 38 heavy (non-hydrogen) atoms. The van der Waals surface area contributed by atoms with Crippen LogP contribution < -0.4 is 10.0 Å². The molecule has 0 aliphatic carbocycles. The number of esters is 2. The lowest BCUT2D eigenvalue weighted by molar-refractivity contribution is -0.155. The number of likely N-dealkylation sites (N-methyl/N-ethyl adjacent to an activating group) is 1. The number of aliphatic hydroxyl groups excluding tert-OH is 2. The minimum absolute atomic E-state index is 0.0275. The summed E-state index contributed by atoms with van der Waals surface area (Å²) in [7, 11) is -2.62. The number of halogens is 4. The normalized spacial score (nSPS) is 12.8. The minimum atomic E-state index is -3.96. The first-order chi connectivity index (χ1) is 17.6. The fraction of sp³-hybridized carbons (Fsp3) is 0.500. The Labute approximate surface area is 252 Å². The van der Waals surface area contributed by atoms with Crippen molar-refractivity contribution in [2.75, 3.05) is 42.7 Å². The second-order valence-corrected chi connectivity index (χ2v) is 13.1. The fourth-order valence-corrected chi connectivity index (χ4v) is 6.91. The molecular formula is C20H25Br4N3O10S. The van der Waals surface area contributed by atoms with Gasteiger partial charge in [-0.1, -0.05) is 15.9 Å². The van der Waals surface area contributed by atoms with Crippen LogP contribution in [0.1, 0.15) is 34.6 Å². The van der Waals surface area contributed by atoms with Crippen LogP contribution in [-0.4, -0.2) is 97.5 Å². The summed E-state index contributed by atoms with van der Waals surface area (Å²) in [6.07, 6.45) is -2.28. The van der Waals surface area contributed by atoms with Gasteiger partial charge in [-0.3, -0.25) is 23.9 Å². The van der Waals surface area contributed by atoms with Gasteiger partial charge in [-0.05, 0) is 47.8 Å². The number of carbonyl (C=O) groups excluding carboxylic acids is 4. The SMILES string of the molecule is CC(=O)OCC(CNC(=O)c1c(Br)c(NS(=O)(=O)CBr)c(Br)c(C(=O)N(C)CC(O)CO)c1Br)OC(C)=O. The van der Waals surface area contributed by atoms with Crippen LogP contribution in [0, 0.1) is 0 Å². The number of amides is 2. The summed E-state index contributed by atoms with van der Waals surface area (Å²) in [6, 6.07) is 0. The van der Waals surface area contributed by atoms with E-state index in [-0.39, 0.29) is 49.9 Å². The maximum absolute atomic E-state index is 13.3. The highest BCUT2D eigenvalue weighted by molar-refractivity contribution is 9.12. The number of carbonyl (C=O) groups is 4. The summed E-state index contributed by atoms with van der Waals surface area (Å²) in [5.41, 5.74) is -0.544. The first-order valence-corrected chi connectivity index (χ1v) is 15.6. The number of nitrogens with one attached hydrogen (secondary N) is 2. The van der Waals surface area contributed by atoms with E-state index in [9.17, 15) is 32.7 Å². The molecule has 0 saturated heterocycles. The van der Waals surface area contributed by atoms with Crippen LogP contribution in [-0.2, 0) is 29.1 Å². The van der Waals surface area contributed by atoms with Crippen molar-refractivity contribution in [3.8, 4) is 0 Å². The molecule has 0 fully saturated rings. The van der Waals surface area contributed by atoms with Gasteiger partial charge < -0.3 is 29.9 Å². The summed E-state index contributed by atoms with van der Waals surface area (Å²) < 4.78 is 36.2. The van der Waals surface area contributed by atoms with E-state index in [4.69, 9.17) is 14.6 Å². The van der Waals surface area contributed by atoms with Gasteiger partial charge in [0, 0.05) is 31.9 Å². The Morgan fingerprint density at radius 2 is 1.61 bits per heavy atom. The van der Waals surface area contributed by atoms with E-state index in [2.05, 4.69) is 73.8 Å². The van der Waals surface area contributed by atoms with E-state index in [1.54, 1.807) is 0 Å². The van der Waals surface area contributed by atoms with Crippen molar-refractivity contribution in [3.63, 3.8) is 0 Å². The van der Waals surface area contributed by atoms with Gasteiger partial charge >= 0.3 is 11.9 Å². The molecule has 18 heteroatoms. The summed E-state index contributed by atoms with van der Waals surface area (Å²) in [5, 5.41) is 21.4. The maximum Gasteiger partial charge on any atom is 0.303 e. The summed E-state index contributed by atoms with van der Waals surface area (Å²) >= 11 is 12.5. The van der Waals surface area contributed by atoms with E-state index in [1.165, 1.54) is 7.05 Å². The zero-order valence-electron chi connectivity index (χ0n) is 20.2. The first kappa shape index (κ1) is 34.7. The van der Waals surface area contributed by atoms with Crippen LogP contribution in [0.15, 0.2) is 13.4 Å². The van der Waals surface area contributed by atoms with Gasteiger partial charge in [0.15, 0.2) is 6.10 Å². The zero-order valence-corrected chi connectivity index (χ0v) is 27.4. The van der Waals surface area contributed by atoms with Gasteiger partial charge in [0.2, 0.25) is 10.0 Å². The molecule has 214 valence electrons. The highest BCUT2D eigenvalue weighted by Crippen LogP contribution is 2.43. The highest BCUT2D eigenvalue weighted by Gasteiger charge is 2.31. The lowest BCUT2D eigenvalue weighted by atomic mass is 10.1. The predicted octanol–water partition coefficient (Wildman–Crippen LogP) is 1.72. The van der Waals surface area contributed by atoms with Crippen molar-refractivity contribution >= 4 is 103 Å². The molecule has 0 aromatic heterocycles. The third kappa shape index (κ3) is 10.0. The minimum Gasteiger partial charge on any atom is -0.462 e. The van der Waals surface area contributed by atoms with Gasteiger partial charge in [-0.15, -0.1) is 0 Å². The molecule has 0 saturated carbocycles. The second kappa shape index (κ2) is 15.5. The quantitative estimate of drug-likeness (QED) is 0.169. The second-order valence-electron chi connectivity index (χ2n) is 7.66. The molecule has 1 rings (SSSR count). The van der Waals surface area contributed by atoms with E-state index in [0.29, 0.717) is 0 Å². The third-order valence-electron chi connectivity index (χ3n) is 4.50. The molecule has 0 heterocycles. The van der Waals surface area contributed by atoms with Crippen molar-refractivity contribution in [3.05, 3.63) is 24.5 Å². The summed E-state index contributed by atoms with van der Waals surface area (Å²) in [4.78, 5) is 50.2. The van der Waals surface area contributed by atoms with Crippen LogP contribution in [0.4, 0.5) is 5.69 Å². The lowest BCUT2D eigenvalue weighted by Gasteiger charge is -2.24. The van der Waals surface area contributed by atoms with Gasteiger partial charge in [-0.25, -0.2) is 8.42 Å². The van der Waals surface area contributed by atoms with Gasteiger partial charge in [0.1, 0.15) is 11.3 Å². The number of ether oxygens (including phenoxy) is 2. The number of hydrogen-bond acceptors (Lipinski definition) is 10. The maximum atomic E-state index is 13.3. The predicted molar refractivity (Wildman–Crippen MR) is 150 cm³/mol. The molecule has 2 amide bonds. The molecule has 0 spiro atoms. The number of anilines is 1. The number of rotatable bonds is 13. The molecule has 13 nitrogen and oxygen atoms in total. The average Bonchev–Trinajstić information content (AvgIpc) is 2.82. The number of aliphatic hydroxyl groups is 2. The van der Waals surface area contributed by atoms with Crippen molar-refractivity contribution in [1.29, 1.82) is 0 Å². The molecule has 2 unspecified atom stereocenters. The first-order valence-electron chi connectivity index (χ1n) is 10.5. The van der Waals surface area contributed by atoms with Crippen molar-refractivity contribution in [2.45, 2.75) is 26.1 Å². The lowest BCUT2D eigenvalue weighted by Crippen LogP contribution is -2.38.